The number of rotatable bonds is 5. The van der Waals surface area contributed by atoms with Gasteiger partial charge in [0.2, 0.25) is 5.69 Å². The number of carbonyl (C=O) groups is 1. The molecule has 0 bridgehead atoms. The van der Waals surface area contributed by atoms with Crippen molar-refractivity contribution in [3.05, 3.63) is 57.4 Å². The standard InChI is InChI=1S/C18H22N4O4/c1-3-7-14-17(22(24)25)16(20-19-14)18(23)21-10-12(2)26-15(11-21)13-8-5-4-6-9-13/h4-6,8-9,12,15H,3,7,10-11H2,1-2H3,(H,19,20). The van der Waals surface area contributed by atoms with Crippen molar-refractivity contribution in [1.29, 1.82) is 0 Å². The molecule has 8 heteroatoms. The van der Waals surface area contributed by atoms with Gasteiger partial charge < -0.3 is 9.64 Å². The predicted octanol–water partition coefficient (Wildman–Crippen LogP) is 2.87. The van der Waals surface area contributed by atoms with Gasteiger partial charge in [0, 0.05) is 6.54 Å². The van der Waals surface area contributed by atoms with Crippen LogP contribution in [0.5, 0.6) is 0 Å². The molecule has 0 aliphatic carbocycles. The van der Waals surface area contributed by atoms with E-state index < -0.39 is 10.8 Å². The van der Waals surface area contributed by atoms with Gasteiger partial charge in [-0.25, -0.2) is 0 Å². The molecule has 0 saturated carbocycles. The summed E-state index contributed by atoms with van der Waals surface area (Å²) in [5.74, 6) is -0.439. The summed E-state index contributed by atoms with van der Waals surface area (Å²) < 4.78 is 5.95. The highest BCUT2D eigenvalue weighted by Crippen LogP contribution is 2.29. The largest absolute Gasteiger partial charge is 0.367 e. The van der Waals surface area contributed by atoms with Gasteiger partial charge >= 0.3 is 5.69 Å². The first-order chi connectivity index (χ1) is 12.5. The fourth-order valence-corrected chi connectivity index (χ4v) is 3.26. The maximum Gasteiger partial charge on any atom is 0.322 e. The highest BCUT2D eigenvalue weighted by atomic mass is 16.6. The molecule has 2 heterocycles. The number of H-pyrrole nitrogens is 1. The number of carbonyl (C=O) groups excluding carboxylic acids is 1. The highest BCUT2D eigenvalue weighted by molar-refractivity contribution is 5.96. The number of hydrogen-bond acceptors (Lipinski definition) is 5. The third-order valence-corrected chi connectivity index (χ3v) is 4.42. The second-order valence-electron chi connectivity index (χ2n) is 6.46. The summed E-state index contributed by atoms with van der Waals surface area (Å²) in [5.41, 5.74) is 1.02. The summed E-state index contributed by atoms with van der Waals surface area (Å²) in [5, 5.41) is 18.1. The third-order valence-electron chi connectivity index (χ3n) is 4.42. The summed E-state index contributed by atoms with van der Waals surface area (Å²) in [6, 6.07) is 9.64. The minimum atomic E-state index is -0.527. The SMILES string of the molecule is CCCc1[nH]nc(C(=O)N2CC(C)OC(c3ccccc3)C2)c1[N+](=O)[O-]. The number of morpholine rings is 1. The van der Waals surface area contributed by atoms with Crippen LogP contribution in [-0.4, -0.2) is 45.1 Å². The fourth-order valence-electron chi connectivity index (χ4n) is 3.26. The van der Waals surface area contributed by atoms with Gasteiger partial charge in [-0.2, -0.15) is 5.10 Å². The van der Waals surface area contributed by atoms with Gasteiger partial charge in [0.1, 0.15) is 11.8 Å². The first-order valence-electron chi connectivity index (χ1n) is 8.72. The molecule has 138 valence electrons. The van der Waals surface area contributed by atoms with E-state index in [1.807, 2.05) is 44.2 Å². The normalized spacial score (nSPS) is 20.2. The van der Waals surface area contributed by atoms with E-state index in [1.54, 1.807) is 4.90 Å². The van der Waals surface area contributed by atoms with Crippen LogP contribution in [0.2, 0.25) is 0 Å². The highest BCUT2D eigenvalue weighted by Gasteiger charge is 2.36. The number of aromatic amines is 1. The zero-order valence-electron chi connectivity index (χ0n) is 14.8. The Morgan fingerprint density at radius 2 is 2.12 bits per heavy atom. The third kappa shape index (κ3) is 3.60. The number of nitro groups is 1. The molecule has 1 aliphatic rings. The van der Waals surface area contributed by atoms with E-state index in [1.165, 1.54) is 0 Å². The average Bonchev–Trinajstić information content (AvgIpc) is 3.05. The Morgan fingerprint density at radius 1 is 1.38 bits per heavy atom. The zero-order chi connectivity index (χ0) is 18.7. The molecule has 1 aromatic carbocycles. The minimum Gasteiger partial charge on any atom is -0.367 e. The number of aromatic nitrogens is 2. The number of aryl methyl sites for hydroxylation is 1. The van der Waals surface area contributed by atoms with Crippen molar-refractivity contribution >= 4 is 11.6 Å². The molecule has 1 saturated heterocycles. The van der Waals surface area contributed by atoms with Crippen molar-refractivity contribution in [2.24, 2.45) is 0 Å². The van der Waals surface area contributed by atoms with Crippen molar-refractivity contribution in [3.8, 4) is 0 Å². The molecular formula is C18H22N4O4. The topological polar surface area (TPSA) is 101 Å². The van der Waals surface area contributed by atoms with Crippen LogP contribution >= 0.6 is 0 Å². The minimum absolute atomic E-state index is 0.126. The molecule has 2 unspecified atom stereocenters. The van der Waals surface area contributed by atoms with Crippen LogP contribution < -0.4 is 0 Å². The Kier molecular flexibility index (Phi) is 5.32. The molecule has 1 amide bonds. The molecule has 2 aromatic rings. The van der Waals surface area contributed by atoms with E-state index in [-0.39, 0.29) is 23.6 Å². The van der Waals surface area contributed by atoms with Crippen LogP contribution in [0.4, 0.5) is 5.69 Å². The Labute approximate surface area is 151 Å². The van der Waals surface area contributed by atoms with Gasteiger partial charge in [0.25, 0.3) is 5.91 Å². The molecule has 0 spiro atoms. The molecule has 2 atom stereocenters. The van der Waals surface area contributed by atoms with Gasteiger partial charge in [-0.15, -0.1) is 0 Å². The van der Waals surface area contributed by atoms with Crippen molar-refractivity contribution in [2.75, 3.05) is 13.1 Å². The molecule has 3 rings (SSSR count). The molecular weight excluding hydrogens is 336 g/mol. The van der Waals surface area contributed by atoms with Crippen molar-refractivity contribution < 1.29 is 14.5 Å². The number of amides is 1. The van der Waals surface area contributed by atoms with Crippen LogP contribution in [-0.2, 0) is 11.2 Å². The van der Waals surface area contributed by atoms with E-state index in [4.69, 9.17) is 4.74 Å². The smallest absolute Gasteiger partial charge is 0.322 e. The molecule has 1 N–H and O–H groups in total. The average molecular weight is 358 g/mol. The van der Waals surface area contributed by atoms with E-state index in [0.717, 1.165) is 12.0 Å². The quantitative estimate of drug-likeness (QED) is 0.654. The second-order valence-corrected chi connectivity index (χ2v) is 6.46. The second kappa shape index (κ2) is 7.65. The molecule has 1 fully saturated rings. The lowest BCUT2D eigenvalue weighted by Gasteiger charge is -2.36. The molecule has 0 radical (unpaired) electrons. The van der Waals surface area contributed by atoms with E-state index in [9.17, 15) is 14.9 Å². The maximum atomic E-state index is 12.9. The Balaban J connectivity index is 1.86. The Bertz CT molecular complexity index is 790. The number of hydrogen-bond donors (Lipinski definition) is 1. The summed E-state index contributed by atoms with van der Waals surface area (Å²) in [6.07, 6.45) is 0.757. The monoisotopic (exact) mass is 358 g/mol. The number of benzene rings is 1. The van der Waals surface area contributed by atoms with Crippen molar-refractivity contribution in [1.82, 2.24) is 15.1 Å². The summed E-state index contributed by atoms with van der Waals surface area (Å²) in [4.78, 5) is 25.5. The van der Waals surface area contributed by atoms with E-state index in [2.05, 4.69) is 10.2 Å². The van der Waals surface area contributed by atoms with Crippen LogP contribution in [0.25, 0.3) is 0 Å². The predicted molar refractivity (Wildman–Crippen MR) is 94.9 cm³/mol. The lowest BCUT2D eigenvalue weighted by molar-refractivity contribution is -0.385. The molecule has 26 heavy (non-hydrogen) atoms. The van der Waals surface area contributed by atoms with Gasteiger partial charge in [0.15, 0.2) is 0 Å². The van der Waals surface area contributed by atoms with Gasteiger partial charge in [0.05, 0.1) is 17.6 Å². The van der Waals surface area contributed by atoms with Crippen molar-refractivity contribution in [2.45, 2.75) is 38.9 Å². The van der Waals surface area contributed by atoms with Gasteiger partial charge in [-0.3, -0.25) is 20.0 Å². The number of nitrogens with zero attached hydrogens (tertiary/aromatic N) is 3. The Hall–Kier alpha value is -2.74. The van der Waals surface area contributed by atoms with Crippen LogP contribution in [0.3, 0.4) is 0 Å². The molecule has 8 nitrogen and oxygen atoms in total. The number of ether oxygens (including phenoxy) is 1. The number of nitrogens with one attached hydrogen (secondary N) is 1. The van der Waals surface area contributed by atoms with E-state index in [0.29, 0.717) is 25.2 Å². The first-order valence-corrected chi connectivity index (χ1v) is 8.72. The fraction of sp³-hybridized carbons (Fsp3) is 0.444. The summed E-state index contributed by atoms with van der Waals surface area (Å²) in [7, 11) is 0. The van der Waals surface area contributed by atoms with Gasteiger partial charge in [-0.1, -0.05) is 43.7 Å². The van der Waals surface area contributed by atoms with Crippen LogP contribution in [0, 0.1) is 10.1 Å². The lowest BCUT2D eigenvalue weighted by atomic mass is 10.1. The molecule has 1 aromatic heterocycles. The van der Waals surface area contributed by atoms with Crippen LogP contribution in [0.1, 0.15) is 48.1 Å². The summed E-state index contributed by atoms with van der Waals surface area (Å²) >= 11 is 0. The van der Waals surface area contributed by atoms with E-state index >= 15 is 0 Å². The van der Waals surface area contributed by atoms with Crippen molar-refractivity contribution in [3.63, 3.8) is 0 Å². The lowest BCUT2D eigenvalue weighted by Crippen LogP contribution is -2.46. The van der Waals surface area contributed by atoms with Crippen LogP contribution in [0.15, 0.2) is 30.3 Å². The zero-order valence-corrected chi connectivity index (χ0v) is 14.8. The molecule has 1 aliphatic heterocycles. The summed E-state index contributed by atoms with van der Waals surface area (Å²) in [6.45, 7) is 4.51. The Morgan fingerprint density at radius 3 is 2.77 bits per heavy atom. The first kappa shape index (κ1) is 18.1. The maximum absolute atomic E-state index is 12.9. The van der Waals surface area contributed by atoms with Gasteiger partial charge in [-0.05, 0) is 18.9 Å².